The Kier molecular flexibility index (Phi) is 5.05. The monoisotopic (exact) mass is 328 g/mol. The van der Waals surface area contributed by atoms with E-state index in [-0.39, 0.29) is 18.0 Å². The first-order valence-electron chi connectivity index (χ1n) is 6.50. The molecule has 0 amide bonds. The van der Waals surface area contributed by atoms with Crippen LogP contribution in [0.5, 0.6) is 0 Å². The normalized spacial score (nSPS) is 11.8. The second-order valence-corrected chi connectivity index (χ2v) is 6.77. The van der Waals surface area contributed by atoms with E-state index < -0.39 is 10.0 Å². The Morgan fingerprint density at radius 2 is 1.95 bits per heavy atom. The van der Waals surface area contributed by atoms with Crippen molar-refractivity contribution in [3.8, 4) is 0 Å². The first-order chi connectivity index (χ1) is 9.96. The molecule has 1 aromatic heterocycles. The van der Waals surface area contributed by atoms with Crippen LogP contribution in [0.3, 0.4) is 0 Å². The van der Waals surface area contributed by atoms with Crippen LogP contribution < -0.4 is 4.72 Å². The van der Waals surface area contributed by atoms with Crippen LogP contribution in [0.2, 0.25) is 5.02 Å². The predicted molar refractivity (Wildman–Crippen MR) is 81.5 cm³/mol. The van der Waals surface area contributed by atoms with E-state index in [4.69, 9.17) is 11.6 Å². The van der Waals surface area contributed by atoms with E-state index in [1.165, 1.54) is 12.3 Å². The average molecular weight is 329 g/mol. The zero-order valence-corrected chi connectivity index (χ0v) is 13.2. The minimum atomic E-state index is -3.61. The summed E-state index contributed by atoms with van der Waals surface area (Å²) in [5, 5.41) is 9.82. The lowest BCUT2D eigenvalue weighted by Crippen LogP contribution is -2.22. The third kappa shape index (κ3) is 3.85. The second-order valence-electron chi connectivity index (χ2n) is 4.56. The number of benzene rings is 1. The number of aromatic nitrogens is 1. The molecule has 2 aromatic rings. The molecular formula is C14H17ClN2O3S. The maximum atomic E-state index is 12.2. The van der Waals surface area contributed by atoms with E-state index in [1.54, 1.807) is 28.8 Å². The lowest BCUT2D eigenvalue weighted by Gasteiger charge is -2.05. The SMILES string of the molecule is CCn1cc(S(=O)(=O)NCc2ccc(Cl)cc2)cc1CO. The molecule has 0 spiro atoms. The summed E-state index contributed by atoms with van der Waals surface area (Å²) in [5.41, 5.74) is 1.39. The summed E-state index contributed by atoms with van der Waals surface area (Å²) in [6.07, 6.45) is 1.52. The van der Waals surface area contributed by atoms with Crippen LogP contribution in [-0.2, 0) is 29.7 Å². The van der Waals surface area contributed by atoms with Crippen molar-refractivity contribution < 1.29 is 13.5 Å². The summed E-state index contributed by atoms with van der Waals surface area (Å²) in [6, 6.07) is 8.43. The number of nitrogens with one attached hydrogen (secondary N) is 1. The van der Waals surface area contributed by atoms with Crippen LogP contribution in [0.4, 0.5) is 0 Å². The fraction of sp³-hybridized carbons (Fsp3) is 0.286. The van der Waals surface area contributed by atoms with E-state index in [2.05, 4.69) is 4.72 Å². The van der Waals surface area contributed by atoms with Gasteiger partial charge in [0.1, 0.15) is 0 Å². The van der Waals surface area contributed by atoms with Gasteiger partial charge >= 0.3 is 0 Å². The third-order valence-corrected chi connectivity index (χ3v) is 4.77. The fourth-order valence-electron chi connectivity index (χ4n) is 1.96. The molecule has 2 N–H and O–H groups in total. The van der Waals surface area contributed by atoms with E-state index >= 15 is 0 Å². The zero-order valence-electron chi connectivity index (χ0n) is 11.6. The Balaban J connectivity index is 2.14. The minimum absolute atomic E-state index is 0.155. The van der Waals surface area contributed by atoms with Crippen molar-refractivity contribution in [2.75, 3.05) is 0 Å². The van der Waals surface area contributed by atoms with Crippen LogP contribution in [0, 0.1) is 0 Å². The molecule has 0 saturated carbocycles. The van der Waals surface area contributed by atoms with Crippen LogP contribution in [0.1, 0.15) is 18.2 Å². The van der Waals surface area contributed by atoms with Gasteiger partial charge in [-0.3, -0.25) is 0 Å². The molecule has 2 rings (SSSR count). The summed E-state index contributed by atoms with van der Waals surface area (Å²) in [7, 11) is -3.61. The molecule has 5 nitrogen and oxygen atoms in total. The molecule has 1 heterocycles. The van der Waals surface area contributed by atoms with Crippen molar-refractivity contribution in [3.05, 3.63) is 52.8 Å². The van der Waals surface area contributed by atoms with Crippen molar-refractivity contribution in [1.29, 1.82) is 0 Å². The topological polar surface area (TPSA) is 71.3 Å². The number of hydrogen-bond donors (Lipinski definition) is 2. The van der Waals surface area contributed by atoms with Gasteiger partial charge in [-0.15, -0.1) is 0 Å². The van der Waals surface area contributed by atoms with Gasteiger partial charge in [0.15, 0.2) is 0 Å². The van der Waals surface area contributed by atoms with Crippen molar-refractivity contribution in [2.24, 2.45) is 0 Å². The summed E-state index contributed by atoms with van der Waals surface area (Å²) < 4.78 is 28.7. The molecule has 0 fully saturated rings. The largest absolute Gasteiger partial charge is 0.390 e. The lowest BCUT2D eigenvalue weighted by atomic mass is 10.2. The van der Waals surface area contributed by atoms with Gasteiger partial charge in [0.2, 0.25) is 10.0 Å². The molecule has 0 aliphatic heterocycles. The van der Waals surface area contributed by atoms with Crippen molar-refractivity contribution in [2.45, 2.75) is 31.5 Å². The summed E-state index contributed by atoms with van der Waals surface area (Å²) in [4.78, 5) is 0.155. The van der Waals surface area contributed by atoms with Crippen molar-refractivity contribution in [1.82, 2.24) is 9.29 Å². The van der Waals surface area contributed by atoms with E-state index in [1.807, 2.05) is 6.92 Å². The highest BCUT2D eigenvalue weighted by Gasteiger charge is 2.17. The highest BCUT2D eigenvalue weighted by Crippen LogP contribution is 2.16. The van der Waals surface area contributed by atoms with Gasteiger partial charge in [0.05, 0.1) is 11.5 Å². The number of hydrogen-bond acceptors (Lipinski definition) is 3. The van der Waals surface area contributed by atoms with Gasteiger partial charge in [-0.2, -0.15) is 0 Å². The minimum Gasteiger partial charge on any atom is -0.390 e. The number of halogens is 1. The van der Waals surface area contributed by atoms with Gasteiger partial charge in [-0.1, -0.05) is 23.7 Å². The molecule has 7 heteroatoms. The van der Waals surface area contributed by atoms with Crippen molar-refractivity contribution >= 4 is 21.6 Å². The first-order valence-corrected chi connectivity index (χ1v) is 8.36. The number of aryl methyl sites for hydroxylation is 1. The third-order valence-electron chi connectivity index (χ3n) is 3.15. The van der Waals surface area contributed by atoms with Crippen molar-refractivity contribution in [3.63, 3.8) is 0 Å². The summed E-state index contributed by atoms with van der Waals surface area (Å²) in [6.45, 7) is 2.48. The van der Waals surface area contributed by atoms with E-state index in [0.717, 1.165) is 5.56 Å². The standard InChI is InChI=1S/C14H17ClN2O3S/c1-2-17-9-14(7-13(17)10-18)21(19,20)16-8-11-3-5-12(15)6-4-11/h3-7,9,16,18H,2,8,10H2,1H3. The Morgan fingerprint density at radius 3 is 2.48 bits per heavy atom. The molecule has 1 aromatic carbocycles. The summed E-state index contributed by atoms with van der Waals surface area (Å²) >= 11 is 5.78. The molecule has 0 bridgehead atoms. The molecule has 21 heavy (non-hydrogen) atoms. The van der Waals surface area contributed by atoms with Crippen LogP contribution in [0.15, 0.2) is 41.4 Å². The first kappa shape index (κ1) is 16.0. The Bertz CT molecular complexity index is 687. The molecule has 0 aliphatic rings. The quantitative estimate of drug-likeness (QED) is 0.853. The molecular weight excluding hydrogens is 312 g/mol. The molecule has 114 valence electrons. The van der Waals surface area contributed by atoms with E-state index in [9.17, 15) is 13.5 Å². The molecule has 0 radical (unpaired) electrons. The van der Waals surface area contributed by atoms with E-state index in [0.29, 0.717) is 17.3 Å². The van der Waals surface area contributed by atoms with Gasteiger partial charge in [0, 0.05) is 30.0 Å². The number of rotatable bonds is 6. The van der Waals surface area contributed by atoms with Gasteiger partial charge in [0.25, 0.3) is 0 Å². The molecule has 0 aliphatic carbocycles. The molecule has 0 unspecified atom stereocenters. The average Bonchev–Trinajstić information content (AvgIpc) is 2.91. The molecule has 0 saturated heterocycles. The Labute approximate surface area is 129 Å². The van der Waals surface area contributed by atoms with Crippen LogP contribution >= 0.6 is 11.6 Å². The van der Waals surface area contributed by atoms with Gasteiger partial charge in [-0.25, -0.2) is 13.1 Å². The number of aliphatic hydroxyl groups excluding tert-OH is 1. The van der Waals surface area contributed by atoms with Gasteiger partial charge < -0.3 is 9.67 Å². The Hall–Kier alpha value is -1.34. The van der Waals surface area contributed by atoms with Gasteiger partial charge in [-0.05, 0) is 30.7 Å². The number of nitrogens with zero attached hydrogens (tertiary/aromatic N) is 1. The zero-order chi connectivity index (χ0) is 15.5. The number of aliphatic hydroxyl groups is 1. The lowest BCUT2D eigenvalue weighted by molar-refractivity contribution is 0.271. The maximum Gasteiger partial charge on any atom is 0.242 e. The highest BCUT2D eigenvalue weighted by atomic mass is 35.5. The highest BCUT2D eigenvalue weighted by molar-refractivity contribution is 7.89. The smallest absolute Gasteiger partial charge is 0.242 e. The maximum absolute atomic E-state index is 12.2. The fourth-order valence-corrected chi connectivity index (χ4v) is 3.17. The van der Waals surface area contributed by atoms with Crippen LogP contribution in [-0.4, -0.2) is 18.1 Å². The Morgan fingerprint density at radius 1 is 1.29 bits per heavy atom. The predicted octanol–water partition coefficient (Wildman–Crippen LogP) is 2.13. The molecule has 0 atom stereocenters. The van der Waals surface area contributed by atoms with Crippen LogP contribution in [0.25, 0.3) is 0 Å². The number of sulfonamides is 1. The second kappa shape index (κ2) is 6.62. The summed E-state index contributed by atoms with van der Waals surface area (Å²) in [5.74, 6) is 0.